The highest BCUT2D eigenvalue weighted by molar-refractivity contribution is 6.00. The number of aromatic nitrogens is 2. The number of aromatic hydroxyl groups is 1. The predicted molar refractivity (Wildman–Crippen MR) is 136 cm³/mol. The van der Waals surface area contributed by atoms with Crippen LogP contribution in [0.5, 0.6) is 11.5 Å². The van der Waals surface area contributed by atoms with Crippen LogP contribution in [0.4, 0.5) is 0 Å². The molecule has 4 aromatic rings. The van der Waals surface area contributed by atoms with Gasteiger partial charge in [0, 0.05) is 24.8 Å². The number of methoxy groups -OCH3 is 1. The second kappa shape index (κ2) is 9.89. The van der Waals surface area contributed by atoms with E-state index in [0.717, 1.165) is 28.9 Å². The van der Waals surface area contributed by atoms with Crippen molar-refractivity contribution in [2.75, 3.05) is 20.2 Å². The number of hydrogen-bond acceptors (Lipinski definition) is 4. The van der Waals surface area contributed by atoms with E-state index in [2.05, 4.69) is 18.2 Å². The topological polar surface area (TPSA) is 67.6 Å². The molecular formula is C29H27N3O3. The van der Waals surface area contributed by atoms with Crippen molar-refractivity contribution in [3.63, 3.8) is 0 Å². The number of phenolic OH excluding ortho intramolecular Hbond substituents is 1. The van der Waals surface area contributed by atoms with E-state index in [4.69, 9.17) is 9.84 Å². The molecule has 0 atom stereocenters. The minimum Gasteiger partial charge on any atom is -0.508 e. The molecule has 0 radical (unpaired) electrons. The molecule has 0 bridgehead atoms. The second-order valence-corrected chi connectivity index (χ2v) is 8.58. The van der Waals surface area contributed by atoms with Crippen molar-refractivity contribution in [1.82, 2.24) is 14.7 Å². The first-order chi connectivity index (χ1) is 17.1. The van der Waals surface area contributed by atoms with Crippen LogP contribution in [0.25, 0.3) is 16.8 Å². The van der Waals surface area contributed by atoms with Crippen molar-refractivity contribution in [3.8, 4) is 22.8 Å². The molecule has 0 unspecified atom stereocenters. The Kier molecular flexibility index (Phi) is 6.35. The third-order valence-corrected chi connectivity index (χ3v) is 6.28. The Morgan fingerprint density at radius 2 is 1.69 bits per heavy atom. The number of ether oxygens (including phenoxy) is 1. The SMILES string of the molecule is COc1ccc(-c2nn(Cc3ccccc3)cc2C(=O)N2CC=C(c3ccc(O)cc3)CC2)cc1. The lowest BCUT2D eigenvalue weighted by Crippen LogP contribution is -2.34. The van der Waals surface area contributed by atoms with E-state index >= 15 is 0 Å². The lowest BCUT2D eigenvalue weighted by molar-refractivity contribution is 0.0773. The van der Waals surface area contributed by atoms with Gasteiger partial charge in [0.15, 0.2) is 0 Å². The molecule has 35 heavy (non-hydrogen) atoms. The van der Waals surface area contributed by atoms with Gasteiger partial charge in [-0.2, -0.15) is 5.10 Å². The summed E-state index contributed by atoms with van der Waals surface area (Å²) in [6.45, 7) is 1.74. The molecule has 1 aromatic heterocycles. The number of amides is 1. The summed E-state index contributed by atoms with van der Waals surface area (Å²) >= 11 is 0. The quantitative estimate of drug-likeness (QED) is 0.423. The molecule has 3 aromatic carbocycles. The highest BCUT2D eigenvalue weighted by atomic mass is 16.5. The third-order valence-electron chi connectivity index (χ3n) is 6.28. The maximum absolute atomic E-state index is 13.7. The van der Waals surface area contributed by atoms with Crippen LogP contribution in [0, 0.1) is 0 Å². The molecule has 0 saturated carbocycles. The molecule has 0 aliphatic carbocycles. The molecule has 1 N–H and O–H groups in total. The zero-order valence-corrected chi connectivity index (χ0v) is 19.6. The van der Waals surface area contributed by atoms with Gasteiger partial charge in [-0.15, -0.1) is 0 Å². The average Bonchev–Trinajstić information content (AvgIpc) is 3.33. The first-order valence-corrected chi connectivity index (χ1v) is 11.6. The summed E-state index contributed by atoms with van der Waals surface area (Å²) in [7, 11) is 1.63. The van der Waals surface area contributed by atoms with Gasteiger partial charge in [-0.25, -0.2) is 0 Å². The molecular weight excluding hydrogens is 438 g/mol. The van der Waals surface area contributed by atoms with E-state index in [1.54, 1.807) is 19.2 Å². The molecule has 176 valence electrons. The molecule has 5 rings (SSSR count). The Labute approximate surface area is 204 Å². The van der Waals surface area contributed by atoms with Crippen molar-refractivity contribution in [2.24, 2.45) is 0 Å². The van der Waals surface area contributed by atoms with Crippen LogP contribution >= 0.6 is 0 Å². The van der Waals surface area contributed by atoms with Crippen LogP contribution < -0.4 is 4.74 Å². The van der Waals surface area contributed by atoms with Crippen molar-refractivity contribution in [2.45, 2.75) is 13.0 Å². The number of phenols is 1. The Morgan fingerprint density at radius 3 is 2.34 bits per heavy atom. The molecule has 1 amide bonds. The molecule has 1 aliphatic rings. The Hall–Kier alpha value is -4.32. The highest BCUT2D eigenvalue weighted by Crippen LogP contribution is 2.29. The number of hydrogen-bond donors (Lipinski definition) is 1. The third kappa shape index (κ3) is 4.96. The fourth-order valence-corrected chi connectivity index (χ4v) is 4.35. The molecule has 0 saturated heterocycles. The maximum Gasteiger partial charge on any atom is 0.257 e. The monoisotopic (exact) mass is 465 g/mol. The van der Waals surface area contributed by atoms with E-state index in [9.17, 15) is 9.90 Å². The van der Waals surface area contributed by atoms with Gasteiger partial charge in [-0.05, 0) is 59.5 Å². The molecule has 0 spiro atoms. The number of nitrogens with zero attached hydrogens (tertiary/aromatic N) is 3. The number of carbonyl (C=O) groups excluding carboxylic acids is 1. The Bertz CT molecular complexity index is 1340. The smallest absolute Gasteiger partial charge is 0.257 e. The van der Waals surface area contributed by atoms with E-state index in [-0.39, 0.29) is 11.7 Å². The standard InChI is InChI=1S/C29H27N3O3/c1-35-26-13-9-24(10-14-26)28-27(20-32(30-28)19-21-5-3-2-4-6-21)29(34)31-17-15-23(16-18-31)22-7-11-25(33)12-8-22/h2-15,20,33H,16-19H2,1H3. The summed E-state index contributed by atoms with van der Waals surface area (Å²) in [4.78, 5) is 15.5. The van der Waals surface area contributed by atoms with Crippen LogP contribution in [0.15, 0.2) is 91.1 Å². The number of rotatable bonds is 6. The molecule has 1 aliphatic heterocycles. The van der Waals surface area contributed by atoms with Crippen molar-refractivity contribution >= 4 is 11.5 Å². The fourth-order valence-electron chi connectivity index (χ4n) is 4.35. The summed E-state index contributed by atoms with van der Waals surface area (Å²) in [5.41, 5.74) is 5.51. The zero-order chi connectivity index (χ0) is 24.2. The van der Waals surface area contributed by atoms with Gasteiger partial charge in [0.2, 0.25) is 0 Å². The van der Waals surface area contributed by atoms with Crippen LogP contribution in [0.3, 0.4) is 0 Å². The highest BCUT2D eigenvalue weighted by Gasteiger charge is 2.25. The number of benzene rings is 3. The lowest BCUT2D eigenvalue weighted by atomic mass is 9.98. The van der Waals surface area contributed by atoms with Gasteiger partial charge < -0.3 is 14.7 Å². The predicted octanol–water partition coefficient (Wildman–Crippen LogP) is 5.24. The van der Waals surface area contributed by atoms with Crippen LogP contribution in [-0.2, 0) is 6.54 Å². The normalized spacial score (nSPS) is 13.4. The Morgan fingerprint density at radius 1 is 0.971 bits per heavy atom. The largest absolute Gasteiger partial charge is 0.508 e. The van der Waals surface area contributed by atoms with E-state index < -0.39 is 0 Å². The van der Waals surface area contributed by atoms with E-state index in [0.29, 0.717) is 30.9 Å². The van der Waals surface area contributed by atoms with Crippen LogP contribution in [-0.4, -0.2) is 45.9 Å². The second-order valence-electron chi connectivity index (χ2n) is 8.58. The van der Waals surface area contributed by atoms with Gasteiger partial charge in [-0.3, -0.25) is 9.48 Å². The average molecular weight is 466 g/mol. The minimum absolute atomic E-state index is 0.0314. The summed E-state index contributed by atoms with van der Waals surface area (Å²) in [5, 5.41) is 14.4. The van der Waals surface area contributed by atoms with Gasteiger partial charge in [0.1, 0.15) is 17.2 Å². The first-order valence-electron chi connectivity index (χ1n) is 11.6. The summed E-state index contributed by atoms with van der Waals surface area (Å²) in [6, 6.07) is 24.9. The van der Waals surface area contributed by atoms with Crippen molar-refractivity contribution in [3.05, 3.63) is 108 Å². The molecule has 6 heteroatoms. The van der Waals surface area contributed by atoms with Crippen LogP contribution in [0.1, 0.15) is 27.9 Å². The van der Waals surface area contributed by atoms with Gasteiger partial charge in [-0.1, -0.05) is 48.5 Å². The lowest BCUT2D eigenvalue weighted by Gasteiger charge is -2.26. The van der Waals surface area contributed by atoms with Gasteiger partial charge in [0.05, 0.1) is 19.2 Å². The van der Waals surface area contributed by atoms with Crippen molar-refractivity contribution < 1.29 is 14.6 Å². The summed E-state index contributed by atoms with van der Waals surface area (Å²) in [6.07, 6.45) is 4.70. The molecule has 6 nitrogen and oxygen atoms in total. The molecule has 2 heterocycles. The minimum atomic E-state index is -0.0314. The van der Waals surface area contributed by atoms with Gasteiger partial charge >= 0.3 is 0 Å². The summed E-state index contributed by atoms with van der Waals surface area (Å²) in [5.74, 6) is 0.977. The summed E-state index contributed by atoms with van der Waals surface area (Å²) < 4.78 is 7.13. The fraction of sp³-hybridized carbons (Fsp3) is 0.172. The van der Waals surface area contributed by atoms with Crippen LogP contribution in [0.2, 0.25) is 0 Å². The first kappa shape index (κ1) is 22.5. The van der Waals surface area contributed by atoms with Crippen molar-refractivity contribution in [1.29, 1.82) is 0 Å². The zero-order valence-electron chi connectivity index (χ0n) is 19.6. The Balaban J connectivity index is 1.43. The van der Waals surface area contributed by atoms with E-state index in [1.807, 2.05) is 70.4 Å². The molecule has 0 fully saturated rings. The van der Waals surface area contributed by atoms with Gasteiger partial charge in [0.25, 0.3) is 5.91 Å². The maximum atomic E-state index is 13.7. The van der Waals surface area contributed by atoms with E-state index in [1.165, 1.54) is 5.57 Å². The number of carbonyl (C=O) groups is 1.